The van der Waals surface area contributed by atoms with Gasteiger partial charge in [-0.15, -0.1) is 11.3 Å². The minimum absolute atomic E-state index is 0.257. The lowest BCUT2D eigenvalue weighted by atomic mass is 10.3. The number of hydrogen-bond acceptors (Lipinski definition) is 5. The van der Waals surface area contributed by atoms with Crippen LogP contribution in [0.1, 0.15) is 16.3 Å². The van der Waals surface area contributed by atoms with Gasteiger partial charge in [0.2, 0.25) is 0 Å². The molecule has 0 spiro atoms. The topological polar surface area (TPSA) is 85.1 Å². The third-order valence-electron chi connectivity index (χ3n) is 2.57. The summed E-state index contributed by atoms with van der Waals surface area (Å²) in [4.78, 5) is 5.06. The first-order chi connectivity index (χ1) is 8.92. The van der Waals surface area contributed by atoms with Gasteiger partial charge in [-0.1, -0.05) is 0 Å². The number of aryl methyl sites for hydroxylation is 2. The van der Waals surface area contributed by atoms with Crippen molar-refractivity contribution in [1.29, 1.82) is 0 Å². The van der Waals surface area contributed by atoms with Gasteiger partial charge in [-0.3, -0.25) is 9.71 Å². The summed E-state index contributed by atoms with van der Waals surface area (Å²) in [5.41, 5.74) is 7.48. The van der Waals surface area contributed by atoms with Gasteiger partial charge in [0.15, 0.2) is 0 Å². The average molecular weight is 297 g/mol. The van der Waals surface area contributed by atoms with Gasteiger partial charge in [0.25, 0.3) is 10.0 Å². The lowest BCUT2D eigenvalue weighted by molar-refractivity contribution is 0.603. The average Bonchev–Trinajstić information content (AvgIpc) is 2.82. The molecule has 0 saturated heterocycles. The number of aromatic nitrogens is 1. The van der Waals surface area contributed by atoms with Gasteiger partial charge in [-0.25, -0.2) is 8.42 Å². The molecule has 2 aromatic heterocycles. The number of nitrogens with zero attached hydrogens (tertiary/aromatic N) is 1. The highest BCUT2D eigenvalue weighted by Crippen LogP contribution is 2.24. The number of anilines is 1. The van der Waals surface area contributed by atoms with Crippen molar-refractivity contribution in [2.45, 2.75) is 24.6 Å². The third-order valence-corrected chi connectivity index (χ3v) is 5.54. The quantitative estimate of drug-likeness (QED) is 0.904. The molecule has 0 aromatic carbocycles. The van der Waals surface area contributed by atoms with Gasteiger partial charge < -0.3 is 5.73 Å². The Hall–Kier alpha value is -1.44. The van der Waals surface area contributed by atoms with Crippen molar-refractivity contribution in [3.8, 4) is 0 Å². The molecule has 2 rings (SSSR count). The maximum absolute atomic E-state index is 12.2. The van der Waals surface area contributed by atoms with Crippen molar-refractivity contribution in [3.05, 3.63) is 40.5 Å². The maximum Gasteiger partial charge on any atom is 0.271 e. The highest BCUT2D eigenvalue weighted by Gasteiger charge is 2.17. The first-order valence-electron chi connectivity index (χ1n) is 5.68. The van der Waals surface area contributed by atoms with E-state index in [0.717, 1.165) is 10.6 Å². The van der Waals surface area contributed by atoms with E-state index < -0.39 is 10.0 Å². The minimum Gasteiger partial charge on any atom is -0.326 e. The van der Waals surface area contributed by atoms with Crippen molar-refractivity contribution in [2.75, 3.05) is 4.72 Å². The number of pyridine rings is 1. The highest BCUT2D eigenvalue weighted by molar-refractivity contribution is 7.94. The molecule has 5 nitrogen and oxygen atoms in total. The summed E-state index contributed by atoms with van der Waals surface area (Å²) in [6.07, 6.45) is 0. The summed E-state index contributed by atoms with van der Waals surface area (Å²) in [5, 5.41) is 0. The summed E-state index contributed by atoms with van der Waals surface area (Å²) in [7, 11) is -3.56. The SMILES string of the molecule is Cc1ccc(NS(=O)(=O)c2ccc(CN)s2)c(C)n1. The molecule has 3 N–H and O–H groups in total. The van der Waals surface area contributed by atoms with Crippen LogP contribution in [-0.2, 0) is 16.6 Å². The molecule has 0 saturated carbocycles. The number of thiophene rings is 1. The summed E-state index contributed by atoms with van der Waals surface area (Å²) >= 11 is 1.17. The summed E-state index contributed by atoms with van der Waals surface area (Å²) in [6.45, 7) is 3.97. The van der Waals surface area contributed by atoms with Crippen LogP contribution in [0.15, 0.2) is 28.5 Å². The van der Waals surface area contributed by atoms with Crippen molar-refractivity contribution >= 4 is 27.0 Å². The second kappa shape index (κ2) is 5.28. The number of rotatable bonds is 4. The van der Waals surface area contributed by atoms with E-state index in [1.54, 1.807) is 31.2 Å². The molecule has 7 heteroatoms. The molecule has 102 valence electrons. The Balaban J connectivity index is 2.30. The lowest BCUT2D eigenvalue weighted by Gasteiger charge is -2.09. The van der Waals surface area contributed by atoms with Crippen molar-refractivity contribution < 1.29 is 8.42 Å². The Morgan fingerprint density at radius 2 is 2.00 bits per heavy atom. The molecule has 2 heterocycles. The monoisotopic (exact) mass is 297 g/mol. The van der Waals surface area contributed by atoms with E-state index in [9.17, 15) is 8.42 Å². The molecule has 0 aliphatic heterocycles. The van der Waals surface area contributed by atoms with E-state index in [1.807, 2.05) is 6.92 Å². The number of nitrogens with one attached hydrogen (secondary N) is 1. The smallest absolute Gasteiger partial charge is 0.271 e. The molecule has 2 aromatic rings. The zero-order valence-electron chi connectivity index (χ0n) is 10.7. The zero-order valence-corrected chi connectivity index (χ0v) is 12.3. The van der Waals surface area contributed by atoms with Crippen LogP contribution >= 0.6 is 11.3 Å². The van der Waals surface area contributed by atoms with Crippen LogP contribution in [0.25, 0.3) is 0 Å². The summed E-state index contributed by atoms with van der Waals surface area (Å²) in [6, 6.07) is 6.77. The molecule has 0 unspecified atom stereocenters. The molecule has 0 fully saturated rings. The van der Waals surface area contributed by atoms with E-state index in [2.05, 4.69) is 9.71 Å². The molecular formula is C12H15N3O2S2. The van der Waals surface area contributed by atoms with Crippen molar-refractivity contribution in [3.63, 3.8) is 0 Å². The summed E-state index contributed by atoms with van der Waals surface area (Å²) in [5.74, 6) is 0. The summed E-state index contributed by atoms with van der Waals surface area (Å²) < 4.78 is 27.2. The first-order valence-corrected chi connectivity index (χ1v) is 7.98. The van der Waals surface area contributed by atoms with Gasteiger partial charge >= 0.3 is 0 Å². The predicted molar refractivity (Wildman–Crippen MR) is 76.7 cm³/mol. The second-order valence-electron chi connectivity index (χ2n) is 4.12. The van der Waals surface area contributed by atoms with E-state index in [1.165, 1.54) is 11.3 Å². The van der Waals surface area contributed by atoms with Crippen LogP contribution in [0.3, 0.4) is 0 Å². The van der Waals surface area contributed by atoms with Crippen molar-refractivity contribution in [1.82, 2.24) is 4.98 Å². The number of nitrogens with two attached hydrogens (primary N) is 1. The standard InChI is InChI=1S/C12H15N3O2S2/c1-8-3-5-11(9(2)14-8)15-19(16,17)12-6-4-10(7-13)18-12/h3-6,15H,7,13H2,1-2H3. The van der Waals surface area contributed by atoms with Crippen molar-refractivity contribution in [2.24, 2.45) is 5.73 Å². The molecule has 0 bridgehead atoms. The Bertz CT molecular complexity index is 693. The van der Waals surface area contributed by atoms with Gasteiger partial charge in [-0.05, 0) is 38.1 Å². The van der Waals surface area contributed by atoms with E-state index >= 15 is 0 Å². The fourth-order valence-electron chi connectivity index (χ4n) is 1.60. The number of hydrogen-bond donors (Lipinski definition) is 2. The molecule has 19 heavy (non-hydrogen) atoms. The largest absolute Gasteiger partial charge is 0.326 e. The van der Waals surface area contributed by atoms with Crippen LogP contribution in [0, 0.1) is 13.8 Å². The fourth-order valence-corrected chi connectivity index (χ4v) is 3.95. The normalized spacial score (nSPS) is 11.5. The molecular weight excluding hydrogens is 282 g/mol. The highest BCUT2D eigenvalue weighted by atomic mass is 32.2. The zero-order chi connectivity index (χ0) is 14.0. The van der Waals surface area contributed by atoms with Crippen LogP contribution < -0.4 is 10.5 Å². The molecule has 0 atom stereocenters. The van der Waals surface area contributed by atoms with Crippen LogP contribution in [-0.4, -0.2) is 13.4 Å². The van der Waals surface area contributed by atoms with Gasteiger partial charge in [-0.2, -0.15) is 0 Å². The Kier molecular flexibility index (Phi) is 3.88. The van der Waals surface area contributed by atoms with Crippen LogP contribution in [0.5, 0.6) is 0 Å². The van der Waals surface area contributed by atoms with Crippen LogP contribution in [0.4, 0.5) is 5.69 Å². The van der Waals surface area contributed by atoms with E-state index in [-0.39, 0.29) is 4.21 Å². The molecule has 0 radical (unpaired) electrons. The third kappa shape index (κ3) is 3.12. The lowest BCUT2D eigenvalue weighted by Crippen LogP contribution is -2.13. The van der Waals surface area contributed by atoms with Gasteiger partial charge in [0.05, 0.1) is 11.4 Å². The minimum atomic E-state index is -3.56. The predicted octanol–water partition coefficient (Wildman–Crippen LogP) is 2.02. The van der Waals surface area contributed by atoms with Gasteiger partial charge in [0.1, 0.15) is 4.21 Å². The first kappa shape index (κ1) is 14.0. The van der Waals surface area contributed by atoms with Crippen LogP contribution in [0.2, 0.25) is 0 Å². The Morgan fingerprint density at radius 3 is 2.58 bits per heavy atom. The van der Waals surface area contributed by atoms with Gasteiger partial charge in [0, 0.05) is 17.1 Å². The molecule has 0 aliphatic carbocycles. The van der Waals surface area contributed by atoms with E-state index in [4.69, 9.17) is 5.73 Å². The maximum atomic E-state index is 12.2. The second-order valence-corrected chi connectivity index (χ2v) is 7.19. The Morgan fingerprint density at radius 1 is 1.26 bits per heavy atom. The Labute approximate surface area is 116 Å². The molecule has 0 amide bonds. The van der Waals surface area contributed by atoms with E-state index in [0.29, 0.717) is 17.9 Å². The fraction of sp³-hybridized carbons (Fsp3) is 0.250. The number of sulfonamides is 1. The molecule has 0 aliphatic rings.